The molecule has 0 bridgehead atoms. The maximum atomic E-state index is 12.6. The minimum Gasteiger partial charge on any atom is -0.302 e. The summed E-state index contributed by atoms with van der Waals surface area (Å²) in [5.74, 6) is 0.234. The summed E-state index contributed by atoms with van der Waals surface area (Å²) in [4.78, 5) is 11.8. The van der Waals surface area contributed by atoms with Gasteiger partial charge in [-0.2, -0.15) is 0 Å². The lowest BCUT2D eigenvalue weighted by atomic mass is 10.1. The van der Waals surface area contributed by atoms with Gasteiger partial charge in [-0.1, -0.05) is 41.7 Å². The van der Waals surface area contributed by atoms with E-state index in [1.165, 1.54) is 4.57 Å². The van der Waals surface area contributed by atoms with Crippen molar-refractivity contribution >= 4 is 31.6 Å². The molecule has 0 aliphatic heterocycles. The van der Waals surface area contributed by atoms with Crippen molar-refractivity contribution in [3.63, 3.8) is 0 Å². The minimum atomic E-state index is -3.59. The van der Waals surface area contributed by atoms with E-state index in [0.717, 1.165) is 28.8 Å². The lowest BCUT2D eigenvalue weighted by Crippen LogP contribution is -2.26. The third kappa shape index (κ3) is 2.68. The van der Waals surface area contributed by atoms with Crippen LogP contribution in [0.25, 0.3) is 10.2 Å². The van der Waals surface area contributed by atoms with E-state index in [1.54, 1.807) is 25.2 Å². The minimum absolute atomic E-state index is 0.0670. The summed E-state index contributed by atoms with van der Waals surface area (Å²) in [6.07, 6.45) is 0.810. The highest BCUT2D eigenvalue weighted by atomic mass is 32.2. The fourth-order valence-corrected chi connectivity index (χ4v) is 5.25. The predicted octanol–water partition coefficient (Wildman–Crippen LogP) is 2.43. The molecule has 2 atom stereocenters. The Kier molecular flexibility index (Phi) is 3.59. The normalized spacial score (nSPS) is 20.4. The molecule has 1 aliphatic rings. The first kappa shape index (κ1) is 15.6. The molecule has 7 heteroatoms. The van der Waals surface area contributed by atoms with Crippen molar-refractivity contribution in [3.8, 4) is 0 Å². The second kappa shape index (κ2) is 5.54. The lowest BCUT2D eigenvalue weighted by Gasteiger charge is -2.07. The summed E-state index contributed by atoms with van der Waals surface area (Å²) in [5.41, 5.74) is 1.90. The van der Waals surface area contributed by atoms with E-state index in [2.05, 4.69) is 4.72 Å². The van der Waals surface area contributed by atoms with Crippen LogP contribution in [-0.4, -0.2) is 19.0 Å². The van der Waals surface area contributed by atoms with Crippen LogP contribution in [0.1, 0.15) is 17.9 Å². The molecule has 124 valence electrons. The zero-order chi connectivity index (χ0) is 16.9. The molecule has 1 saturated carbocycles. The summed E-state index contributed by atoms with van der Waals surface area (Å²) in [7, 11) is -1.90. The number of aromatic nitrogens is 1. The Morgan fingerprint density at radius 2 is 1.92 bits per heavy atom. The number of hydrogen-bond acceptors (Lipinski definition) is 4. The maximum Gasteiger partial charge on any atom is 0.307 e. The van der Waals surface area contributed by atoms with Crippen molar-refractivity contribution in [1.82, 2.24) is 9.29 Å². The molecule has 1 fully saturated rings. The number of sulfonamides is 1. The second-order valence-corrected chi connectivity index (χ2v) is 8.74. The number of hydrogen-bond donors (Lipinski definition) is 1. The number of fused-ring (bicyclic) bond motifs is 1. The van der Waals surface area contributed by atoms with Crippen molar-refractivity contribution in [2.75, 3.05) is 0 Å². The molecular weight excluding hydrogens is 344 g/mol. The molecule has 24 heavy (non-hydrogen) atoms. The van der Waals surface area contributed by atoms with E-state index in [-0.39, 0.29) is 21.7 Å². The van der Waals surface area contributed by atoms with Crippen LogP contribution < -0.4 is 9.60 Å². The summed E-state index contributed by atoms with van der Waals surface area (Å²) in [5, 5.41) is 0. The van der Waals surface area contributed by atoms with Gasteiger partial charge >= 0.3 is 4.87 Å². The Hall–Kier alpha value is -1.96. The number of benzene rings is 2. The van der Waals surface area contributed by atoms with E-state index in [4.69, 9.17) is 0 Å². The Balaban J connectivity index is 1.59. The SMILES string of the molecule is Cn1c(=O)sc2cc(S(=O)(=O)N[C@@H]3C[C@@H]3c3ccccc3)ccc21. The first-order valence-electron chi connectivity index (χ1n) is 7.62. The van der Waals surface area contributed by atoms with Gasteiger partial charge in [-0.15, -0.1) is 0 Å². The number of aryl methyl sites for hydroxylation is 1. The van der Waals surface area contributed by atoms with Crippen LogP contribution in [-0.2, 0) is 17.1 Å². The summed E-state index contributed by atoms with van der Waals surface area (Å²) in [6, 6.07) is 14.7. The molecule has 0 amide bonds. The molecular formula is C17H16N2O3S2. The monoisotopic (exact) mass is 360 g/mol. The highest BCUT2D eigenvalue weighted by Crippen LogP contribution is 2.41. The number of nitrogens with one attached hydrogen (secondary N) is 1. The van der Waals surface area contributed by atoms with Crippen LogP contribution in [0.15, 0.2) is 58.2 Å². The standard InChI is InChI=1S/C17H16N2O3S2/c1-19-15-8-7-12(9-16(15)23-17(19)20)24(21,22)18-14-10-13(14)11-5-3-2-4-6-11/h2-9,13-14,18H,10H2,1H3/t13-,14-/m1/s1. The third-order valence-corrected chi connectivity index (χ3v) is 6.88. The van der Waals surface area contributed by atoms with E-state index >= 15 is 0 Å². The van der Waals surface area contributed by atoms with Crippen molar-refractivity contribution in [2.24, 2.45) is 7.05 Å². The summed E-state index contributed by atoms with van der Waals surface area (Å²) < 4.78 is 30.2. The van der Waals surface area contributed by atoms with E-state index < -0.39 is 10.0 Å². The van der Waals surface area contributed by atoms with Crippen LogP contribution >= 0.6 is 11.3 Å². The van der Waals surface area contributed by atoms with Crippen LogP contribution in [0.4, 0.5) is 0 Å². The van der Waals surface area contributed by atoms with Crippen molar-refractivity contribution in [1.29, 1.82) is 0 Å². The van der Waals surface area contributed by atoms with Crippen molar-refractivity contribution in [2.45, 2.75) is 23.3 Å². The van der Waals surface area contributed by atoms with Gasteiger partial charge in [0.15, 0.2) is 0 Å². The third-order valence-electron chi connectivity index (χ3n) is 4.40. The van der Waals surface area contributed by atoms with Gasteiger partial charge in [0.1, 0.15) is 0 Å². The first-order chi connectivity index (χ1) is 11.5. The average molecular weight is 360 g/mol. The van der Waals surface area contributed by atoms with Crippen LogP contribution in [0, 0.1) is 0 Å². The molecule has 1 aliphatic carbocycles. The molecule has 5 nitrogen and oxygen atoms in total. The van der Waals surface area contributed by atoms with Gasteiger partial charge in [0, 0.05) is 19.0 Å². The van der Waals surface area contributed by atoms with Crippen molar-refractivity contribution in [3.05, 3.63) is 63.8 Å². The molecule has 0 spiro atoms. The first-order valence-corrected chi connectivity index (χ1v) is 9.92. The highest BCUT2D eigenvalue weighted by Gasteiger charge is 2.41. The number of thiazole rings is 1. The fraction of sp³-hybridized carbons (Fsp3) is 0.235. The topological polar surface area (TPSA) is 68.2 Å². The Morgan fingerprint density at radius 1 is 1.17 bits per heavy atom. The molecule has 0 saturated heterocycles. The number of nitrogens with zero attached hydrogens (tertiary/aromatic N) is 1. The van der Waals surface area contributed by atoms with Crippen molar-refractivity contribution < 1.29 is 8.42 Å². The van der Waals surface area contributed by atoms with Gasteiger partial charge in [-0.05, 0) is 30.2 Å². The lowest BCUT2D eigenvalue weighted by molar-refractivity contribution is 0.580. The molecule has 1 aromatic heterocycles. The van der Waals surface area contributed by atoms with Crippen LogP contribution in [0.5, 0.6) is 0 Å². The predicted molar refractivity (Wildman–Crippen MR) is 95.0 cm³/mol. The van der Waals surface area contributed by atoms with Crippen LogP contribution in [0.3, 0.4) is 0 Å². The smallest absolute Gasteiger partial charge is 0.302 e. The Labute approximate surface area is 143 Å². The maximum absolute atomic E-state index is 12.6. The largest absolute Gasteiger partial charge is 0.307 e. The van der Waals surface area contributed by atoms with Gasteiger partial charge in [0.05, 0.1) is 15.1 Å². The Morgan fingerprint density at radius 3 is 2.67 bits per heavy atom. The van der Waals surface area contributed by atoms with Crippen LogP contribution in [0.2, 0.25) is 0 Å². The van der Waals surface area contributed by atoms with E-state index in [0.29, 0.717) is 4.70 Å². The van der Waals surface area contributed by atoms with Gasteiger partial charge in [-0.25, -0.2) is 13.1 Å². The van der Waals surface area contributed by atoms with Gasteiger partial charge in [-0.3, -0.25) is 4.79 Å². The Bertz CT molecular complexity index is 1070. The van der Waals surface area contributed by atoms with E-state index in [9.17, 15) is 13.2 Å². The quantitative estimate of drug-likeness (QED) is 0.777. The molecule has 1 N–H and O–H groups in total. The molecule has 2 aromatic carbocycles. The molecule has 0 unspecified atom stereocenters. The van der Waals surface area contributed by atoms with Gasteiger partial charge in [0.25, 0.3) is 0 Å². The second-order valence-electron chi connectivity index (χ2n) is 6.04. The van der Waals surface area contributed by atoms with Gasteiger partial charge in [0.2, 0.25) is 10.0 Å². The zero-order valence-electron chi connectivity index (χ0n) is 13.0. The zero-order valence-corrected chi connectivity index (χ0v) is 14.6. The molecule has 3 aromatic rings. The fourth-order valence-electron chi connectivity index (χ4n) is 2.94. The highest BCUT2D eigenvalue weighted by molar-refractivity contribution is 7.89. The summed E-state index contributed by atoms with van der Waals surface area (Å²) in [6.45, 7) is 0. The molecule has 0 radical (unpaired) electrons. The molecule has 4 rings (SSSR count). The van der Waals surface area contributed by atoms with Gasteiger partial charge < -0.3 is 4.57 Å². The summed E-state index contributed by atoms with van der Waals surface area (Å²) >= 11 is 1.06. The molecule has 1 heterocycles. The number of rotatable bonds is 4. The average Bonchev–Trinajstić information content (AvgIpc) is 3.26. The van der Waals surface area contributed by atoms with E-state index in [1.807, 2.05) is 30.3 Å².